The molecule has 0 fully saturated rings. The molecule has 17 heavy (non-hydrogen) atoms. The molecule has 0 radical (unpaired) electrons. The van der Waals surface area contributed by atoms with Crippen LogP contribution in [0.2, 0.25) is 0 Å². The van der Waals surface area contributed by atoms with Gasteiger partial charge in [-0.05, 0) is 13.0 Å². The van der Waals surface area contributed by atoms with E-state index in [0.29, 0.717) is 0 Å². The molecule has 0 aliphatic carbocycles. The van der Waals surface area contributed by atoms with Crippen molar-refractivity contribution in [2.45, 2.75) is 13.5 Å². The first-order valence-electron chi connectivity index (χ1n) is 5.03. The molecule has 7 heteroatoms. The molecule has 0 N–H and O–H groups in total. The molecule has 0 saturated carbocycles. The van der Waals surface area contributed by atoms with Gasteiger partial charge in [0.25, 0.3) is 0 Å². The fraction of sp³-hybridized carbons (Fsp3) is 0.200. The zero-order valence-electron chi connectivity index (χ0n) is 9.12. The third-order valence-corrected chi connectivity index (χ3v) is 3.32. The Bertz CT molecular complexity index is 604. The number of rotatable bonds is 2. The highest BCUT2D eigenvalue weighted by Crippen LogP contribution is 2.22. The number of aryl methyl sites for hydroxylation is 1. The van der Waals surface area contributed by atoms with Gasteiger partial charge in [0.15, 0.2) is 17.4 Å². The van der Waals surface area contributed by atoms with Crippen molar-refractivity contribution < 1.29 is 28.5 Å². The molecular weight excluding hydrogens is 349 g/mol. The first-order valence-corrected chi connectivity index (χ1v) is 5.85. The van der Waals surface area contributed by atoms with Crippen LogP contribution in [0.1, 0.15) is 6.92 Å². The Morgan fingerprint density at radius 3 is 3.12 bits per heavy atom. The minimum absolute atomic E-state index is 0. The number of halogens is 1. The Kier molecular flexibility index (Phi) is 3.67. The lowest BCUT2D eigenvalue weighted by atomic mass is 10.3. The Hall–Kier alpha value is -1.09. The van der Waals surface area contributed by atoms with Gasteiger partial charge in [0, 0.05) is 6.07 Å². The molecule has 88 valence electrons. The second-order valence-electron chi connectivity index (χ2n) is 3.39. The summed E-state index contributed by atoms with van der Waals surface area (Å²) >= 11 is 1.54. The molecule has 5 nitrogen and oxygen atoms in total. The average Bonchev–Trinajstić information content (AvgIpc) is 2.89. The quantitative estimate of drug-likeness (QED) is 0.399. The third-order valence-electron chi connectivity index (χ3n) is 2.36. The molecule has 0 aliphatic rings. The first kappa shape index (κ1) is 12.4. The van der Waals surface area contributed by atoms with Crippen molar-refractivity contribution in [1.29, 1.82) is 0 Å². The van der Waals surface area contributed by atoms with Gasteiger partial charge in [-0.25, -0.2) is 4.57 Å². The monoisotopic (exact) mass is 359 g/mol. The third kappa shape index (κ3) is 2.29. The molecule has 0 spiro atoms. The Balaban J connectivity index is 0.00000108. The summed E-state index contributed by atoms with van der Waals surface area (Å²) in [5.41, 5.74) is 1.11. The number of hydrogen-bond acceptors (Lipinski definition) is 4. The van der Waals surface area contributed by atoms with Crippen LogP contribution >= 0.6 is 11.3 Å². The maximum Gasteiger partial charge on any atom is 0.234 e. The van der Waals surface area contributed by atoms with E-state index in [9.17, 15) is 0 Å². The zero-order valence-corrected chi connectivity index (χ0v) is 12.1. The number of pyridine rings is 1. The van der Waals surface area contributed by atoms with E-state index in [1.165, 1.54) is 0 Å². The highest BCUT2D eigenvalue weighted by molar-refractivity contribution is 7.19. The summed E-state index contributed by atoms with van der Waals surface area (Å²) < 4.78 is 3.82. The lowest BCUT2D eigenvalue weighted by molar-refractivity contribution is -0.693. The molecule has 3 aromatic rings. The summed E-state index contributed by atoms with van der Waals surface area (Å²) in [7, 11) is 0. The van der Waals surface area contributed by atoms with E-state index < -0.39 is 0 Å². The van der Waals surface area contributed by atoms with E-state index in [4.69, 9.17) is 0 Å². The van der Waals surface area contributed by atoms with Gasteiger partial charge in [-0.15, -0.1) is 10.2 Å². The molecule has 0 aliphatic heterocycles. The normalized spacial score (nSPS) is 10.4. The van der Waals surface area contributed by atoms with E-state index in [1.54, 1.807) is 22.2 Å². The number of fused-ring (bicyclic) bond motifs is 1. The van der Waals surface area contributed by atoms with Crippen LogP contribution in [-0.4, -0.2) is 19.8 Å². The molecule has 0 bridgehead atoms. The molecule has 3 rings (SSSR count). The molecule has 3 aromatic heterocycles. The molecule has 3 heterocycles. The first-order chi connectivity index (χ1) is 7.86. The summed E-state index contributed by atoms with van der Waals surface area (Å²) in [6, 6.07) is 4.08. The van der Waals surface area contributed by atoms with Gasteiger partial charge >= 0.3 is 0 Å². The van der Waals surface area contributed by atoms with Crippen LogP contribution in [0.3, 0.4) is 0 Å². The minimum atomic E-state index is 0. The van der Waals surface area contributed by atoms with Crippen molar-refractivity contribution in [2.75, 3.05) is 0 Å². The fourth-order valence-electron chi connectivity index (χ4n) is 1.52. The molecular formula is C10H10IN5S. The predicted molar refractivity (Wildman–Crippen MR) is 60.0 cm³/mol. The Morgan fingerprint density at radius 1 is 1.47 bits per heavy atom. The second-order valence-corrected chi connectivity index (χ2v) is 4.34. The fourth-order valence-corrected chi connectivity index (χ4v) is 2.33. The highest BCUT2D eigenvalue weighted by Gasteiger charge is 2.10. The Morgan fingerprint density at radius 2 is 2.35 bits per heavy atom. The summed E-state index contributed by atoms with van der Waals surface area (Å²) in [6.07, 6.45) is 5.75. The summed E-state index contributed by atoms with van der Waals surface area (Å²) in [5, 5.41) is 13.1. The molecule has 0 atom stereocenters. The lowest BCUT2D eigenvalue weighted by Gasteiger charge is -1.94. The smallest absolute Gasteiger partial charge is 0.234 e. The second kappa shape index (κ2) is 5.05. The van der Waals surface area contributed by atoms with Crippen LogP contribution in [0.5, 0.6) is 0 Å². The topological polar surface area (TPSA) is 47.0 Å². The molecule has 0 aromatic carbocycles. The maximum absolute atomic E-state index is 4.42. The summed E-state index contributed by atoms with van der Waals surface area (Å²) in [4.78, 5) is 0.821. The predicted octanol–water partition coefficient (Wildman–Crippen LogP) is -1.84. The largest absolute Gasteiger partial charge is 1.00 e. The van der Waals surface area contributed by atoms with Gasteiger partial charge in [0.05, 0.1) is 5.56 Å². The van der Waals surface area contributed by atoms with E-state index in [0.717, 1.165) is 22.1 Å². The molecule has 0 unspecified atom stereocenters. The van der Waals surface area contributed by atoms with Gasteiger partial charge in [0.2, 0.25) is 4.96 Å². The molecule has 0 saturated heterocycles. The van der Waals surface area contributed by atoms with E-state index in [-0.39, 0.29) is 24.0 Å². The number of nitrogens with zero attached hydrogens (tertiary/aromatic N) is 5. The van der Waals surface area contributed by atoms with Crippen LogP contribution in [0.25, 0.3) is 15.5 Å². The molecule has 0 amide bonds. The standard InChI is InChI=1S/C10H10N5S.HI/c1-2-14-5-3-4-8(6-14)9-13-15-7-11-12-10(15)16-9;/h3-7H,2H2,1H3;1H/q+1;/p-1. The van der Waals surface area contributed by atoms with Gasteiger partial charge < -0.3 is 24.0 Å². The van der Waals surface area contributed by atoms with Gasteiger partial charge in [-0.1, -0.05) is 11.3 Å². The van der Waals surface area contributed by atoms with E-state index in [2.05, 4.69) is 39.1 Å². The lowest BCUT2D eigenvalue weighted by Crippen LogP contribution is -3.00. The van der Waals surface area contributed by atoms with Crippen LogP contribution in [0, 0.1) is 0 Å². The van der Waals surface area contributed by atoms with Gasteiger partial charge in [-0.3, -0.25) is 0 Å². The summed E-state index contributed by atoms with van der Waals surface area (Å²) in [5.74, 6) is 0. The van der Waals surface area contributed by atoms with E-state index in [1.807, 2.05) is 12.3 Å². The summed E-state index contributed by atoms with van der Waals surface area (Å²) in [6.45, 7) is 3.07. The van der Waals surface area contributed by atoms with Crippen molar-refractivity contribution in [1.82, 2.24) is 19.8 Å². The van der Waals surface area contributed by atoms with Crippen molar-refractivity contribution in [3.63, 3.8) is 0 Å². The minimum Gasteiger partial charge on any atom is -1.00 e. The van der Waals surface area contributed by atoms with Crippen molar-refractivity contribution in [3.8, 4) is 10.6 Å². The zero-order chi connectivity index (χ0) is 11.0. The number of aromatic nitrogens is 5. The SMILES string of the molecule is CC[n+]1cccc(-c2nn3cnnc3s2)c1.[I-]. The van der Waals surface area contributed by atoms with E-state index >= 15 is 0 Å². The van der Waals surface area contributed by atoms with Crippen LogP contribution < -0.4 is 28.5 Å². The van der Waals surface area contributed by atoms with Crippen LogP contribution in [0.15, 0.2) is 30.9 Å². The maximum atomic E-state index is 4.42. The highest BCUT2D eigenvalue weighted by atomic mass is 127. The van der Waals surface area contributed by atoms with Crippen molar-refractivity contribution in [2.24, 2.45) is 0 Å². The van der Waals surface area contributed by atoms with Crippen molar-refractivity contribution in [3.05, 3.63) is 30.9 Å². The van der Waals surface area contributed by atoms with Crippen LogP contribution in [-0.2, 0) is 6.54 Å². The van der Waals surface area contributed by atoms with Gasteiger partial charge in [0.1, 0.15) is 12.9 Å². The average molecular weight is 359 g/mol. The van der Waals surface area contributed by atoms with Gasteiger partial charge in [-0.2, -0.15) is 9.61 Å². The van der Waals surface area contributed by atoms with Crippen molar-refractivity contribution >= 4 is 16.3 Å². The van der Waals surface area contributed by atoms with Crippen LogP contribution in [0.4, 0.5) is 0 Å². The Labute approximate surface area is 119 Å². The number of hydrogen-bond donors (Lipinski definition) is 0.